The zero-order chi connectivity index (χ0) is 20.9. The number of anilines is 1. The Hall–Kier alpha value is -1.55. The highest BCUT2D eigenvalue weighted by molar-refractivity contribution is 5.70. The first-order chi connectivity index (χ1) is 13.9. The number of likely N-dealkylation sites (tertiary alicyclic amines) is 1. The van der Waals surface area contributed by atoms with E-state index in [0.29, 0.717) is 12.5 Å². The van der Waals surface area contributed by atoms with Gasteiger partial charge in [-0.2, -0.15) is 0 Å². The van der Waals surface area contributed by atoms with Gasteiger partial charge in [0.1, 0.15) is 0 Å². The number of nitrogens with one attached hydrogen (secondary N) is 1. The number of hydrogen-bond donors (Lipinski definition) is 1. The van der Waals surface area contributed by atoms with Gasteiger partial charge >= 0.3 is 5.97 Å². The van der Waals surface area contributed by atoms with Crippen LogP contribution >= 0.6 is 0 Å². The van der Waals surface area contributed by atoms with E-state index in [-0.39, 0.29) is 11.4 Å². The number of methoxy groups -OCH3 is 1. The van der Waals surface area contributed by atoms with E-state index < -0.39 is 0 Å². The highest BCUT2D eigenvalue weighted by Gasteiger charge is 2.35. The van der Waals surface area contributed by atoms with Crippen molar-refractivity contribution in [2.45, 2.75) is 84.6 Å². The van der Waals surface area contributed by atoms with Gasteiger partial charge in [-0.05, 0) is 76.0 Å². The number of ether oxygens (including phenoxy) is 1. The molecule has 0 amide bonds. The van der Waals surface area contributed by atoms with Crippen molar-refractivity contribution >= 4 is 11.7 Å². The Bertz CT molecular complexity index is 663. The van der Waals surface area contributed by atoms with Crippen molar-refractivity contribution in [2.24, 2.45) is 5.41 Å². The molecule has 0 spiro atoms. The van der Waals surface area contributed by atoms with Gasteiger partial charge in [0.2, 0.25) is 0 Å². The lowest BCUT2D eigenvalue weighted by molar-refractivity contribution is -0.144. The minimum absolute atomic E-state index is 0.0290. The largest absolute Gasteiger partial charge is 0.469 e. The van der Waals surface area contributed by atoms with Crippen molar-refractivity contribution < 1.29 is 9.53 Å². The summed E-state index contributed by atoms with van der Waals surface area (Å²) in [4.78, 5) is 14.6. The van der Waals surface area contributed by atoms with Crippen LogP contribution in [0.15, 0.2) is 12.1 Å². The van der Waals surface area contributed by atoms with Crippen LogP contribution in [0.5, 0.6) is 0 Å². The molecule has 1 aliphatic carbocycles. The number of hydrogen-bond acceptors (Lipinski definition) is 4. The predicted octanol–water partition coefficient (Wildman–Crippen LogP) is 5.39. The molecule has 1 saturated heterocycles. The standard InChI is InChI=1S/C25H40N2O2/c1-19-16-20(2)24(21(3)17-19)26-22-8-13-27(14-9-22)15-12-25(18-23(28)29-4)10-6-5-7-11-25/h16-17,22,26H,5-15,18H2,1-4H3. The van der Waals surface area contributed by atoms with Crippen molar-refractivity contribution in [3.8, 4) is 0 Å². The van der Waals surface area contributed by atoms with E-state index in [0.717, 1.165) is 26.1 Å². The van der Waals surface area contributed by atoms with Crippen molar-refractivity contribution in [1.82, 2.24) is 4.90 Å². The lowest BCUT2D eigenvalue weighted by Crippen LogP contribution is -2.41. The molecule has 2 fully saturated rings. The molecule has 0 aromatic heterocycles. The lowest BCUT2D eigenvalue weighted by atomic mass is 9.69. The SMILES string of the molecule is COC(=O)CC1(CCN2CCC(Nc3c(C)cc(C)cc3C)CC2)CCCCC1. The summed E-state index contributed by atoms with van der Waals surface area (Å²) in [7, 11) is 1.52. The molecule has 0 atom stereocenters. The highest BCUT2D eigenvalue weighted by Crippen LogP contribution is 2.42. The topological polar surface area (TPSA) is 41.6 Å². The molecule has 29 heavy (non-hydrogen) atoms. The van der Waals surface area contributed by atoms with Crippen molar-refractivity contribution in [1.29, 1.82) is 0 Å². The minimum Gasteiger partial charge on any atom is -0.469 e. The third kappa shape index (κ3) is 5.97. The molecule has 1 heterocycles. The summed E-state index contributed by atoms with van der Waals surface area (Å²) in [5.41, 5.74) is 5.55. The van der Waals surface area contributed by atoms with Crippen LogP contribution in [0.4, 0.5) is 5.69 Å². The van der Waals surface area contributed by atoms with Gasteiger partial charge in [-0.15, -0.1) is 0 Å². The Kier molecular flexibility index (Phi) is 7.61. The maximum atomic E-state index is 12.0. The van der Waals surface area contributed by atoms with Gasteiger partial charge in [0.15, 0.2) is 0 Å². The minimum atomic E-state index is -0.0290. The maximum absolute atomic E-state index is 12.0. The quantitative estimate of drug-likeness (QED) is 0.623. The van der Waals surface area contributed by atoms with Crippen molar-refractivity contribution in [3.05, 3.63) is 28.8 Å². The molecule has 1 aliphatic heterocycles. The van der Waals surface area contributed by atoms with E-state index in [1.165, 1.54) is 74.4 Å². The molecule has 4 nitrogen and oxygen atoms in total. The fourth-order valence-corrected chi connectivity index (χ4v) is 5.50. The Morgan fingerprint density at radius 3 is 2.31 bits per heavy atom. The summed E-state index contributed by atoms with van der Waals surface area (Å²) in [5.74, 6) is -0.0290. The van der Waals surface area contributed by atoms with Crippen LogP contribution in [0.3, 0.4) is 0 Å². The first-order valence-corrected chi connectivity index (χ1v) is 11.5. The average molecular weight is 401 g/mol. The Morgan fingerprint density at radius 1 is 1.10 bits per heavy atom. The van der Waals surface area contributed by atoms with Crippen molar-refractivity contribution in [2.75, 3.05) is 32.1 Å². The number of rotatable bonds is 7. The number of benzene rings is 1. The fourth-order valence-electron chi connectivity index (χ4n) is 5.50. The van der Waals surface area contributed by atoms with E-state index in [2.05, 4.69) is 43.1 Å². The summed E-state index contributed by atoms with van der Waals surface area (Å²) in [6, 6.07) is 5.11. The van der Waals surface area contributed by atoms with E-state index in [1.54, 1.807) is 0 Å². The highest BCUT2D eigenvalue weighted by atomic mass is 16.5. The number of nitrogens with zero attached hydrogens (tertiary/aromatic N) is 1. The summed E-state index contributed by atoms with van der Waals surface area (Å²) < 4.78 is 5.01. The smallest absolute Gasteiger partial charge is 0.306 e. The van der Waals surface area contributed by atoms with E-state index >= 15 is 0 Å². The summed E-state index contributed by atoms with van der Waals surface area (Å²) >= 11 is 0. The number of aryl methyl sites for hydroxylation is 3. The van der Waals surface area contributed by atoms with Crippen LogP contribution in [0.25, 0.3) is 0 Å². The molecule has 1 aromatic rings. The van der Waals surface area contributed by atoms with Gasteiger partial charge in [-0.25, -0.2) is 0 Å². The zero-order valence-corrected chi connectivity index (χ0v) is 19.0. The molecule has 162 valence electrons. The van der Waals surface area contributed by atoms with E-state index in [4.69, 9.17) is 4.74 Å². The molecule has 4 heteroatoms. The number of carbonyl (C=O) groups excluding carboxylic acids is 1. The third-order valence-electron chi connectivity index (χ3n) is 7.23. The molecule has 1 saturated carbocycles. The van der Waals surface area contributed by atoms with Crippen LogP contribution in [0, 0.1) is 26.2 Å². The van der Waals surface area contributed by atoms with Gasteiger partial charge < -0.3 is 15.0 Å². The summed E-state index contributed by atoms with van der Waals surface area (Å²) in [6.07, 6.45) is 10.3. The van der Waals surface area contributed by atoms with Crippen LogP contribution < -0.4 is 5.32 Å². The average Bonchev–Trinajstić information content (AvgIpc) is 2.70. The first-order valence-electron chi connectivity index (χ1n) is 11.5. The van der Waals surface area contributed by atoms with Crippen LogP contribution in [-0.4, -0.2) is 43.7 Å². The van der Waals surface area contributed by atoms with Crippen molar-refractivity contribution in [3.63, 3.8) is 0 Å². The van der Waals surface area contributed by atoms with Gasteiger partial charge in [-0.1, -0.05) is 37.0 Å². The predicted molar refractivity (Wildman–Crippen MR) is 121 cm³/mol. The van der Waals surface area contributed by atoms with E-state index in [9.17, 15) is 4.79 Å². The van der Waals surface area contributed by atoms with Gasteiger partial charge in [0, 0.05) is 24.8 Å². The molecule has 1 aromatic carbocycles. The first kappa shape index (κ1) is 22.1. The van der Waals surface area contributed by atoms with Crippen LogP contribution in [-0.2, 0) is 9.53 Å². The van der Waals surface area contributed by atoms with Crippen LogP contribution in [0.1, 0.15) is 74.5 Å². The lowest BCUT2D eigenvalue weighted by Gasteiger charge is -2.40. The molecular weight excluding hydrogens is 360 g/mol. The second kappa shape index (κ2) is 9.97. The number of carbonyl (C=O) groups is 1. The number of piperidine rings is 1. The van der Waals surface area contributed by atoms with Crippen LogP contribution in [0.2, 0.25) is 0 Å². The summed E-state index contributed by atoms with van der Waals surface area (Å²) in [5, 5.41) is 3.82. The van der Waals surface area contributed by atoms with Gasteiger partial charge in [0.05, 0.1) is 13.5 Å². The normalized spacial score (nSPS) is 20.4. The van der Waals surface area contributed by atoms with E-state index in [1.807, 2.05) is 0 Å². The number of esters is 1. The monoisotopic (exact) mass is 400 g/mol. The second-order valence-corrected chi connectivity index (χ2v) is 9.60. The molecular formula is C25H40N2O2. The third-order valence-corrected chi connectivity index (χ3v) is 7.23. The van der Waals surface area contributed by atoms with Gasteiger partial charge in [-0.3, -0.25) is 4.79 Å². The molecule has 0 bridgehead atoms. The Balaban J connectivity index is 1.50. The molecule has 0 unspecified atom stereocenters. The molecule has 3 rings (SSSR count). The maximum Gasteiger partial charge on any atom is 0.306 e. The molecule has 0 radical (unpaired) electrons. The second-order valence-electron chi connectivity index (χ2n) is 9.60. The Morgan fingerprint density at radius 2 is 1.72 bits per heavy atom. The molecule has 1 N–H and O–H groups in total. The molecule has 2 aliphatic rings. The fraction of sp³-hybridized carbons (Fsp3) is 0.720. The van der Waals surface area contributed by atoms with Gasteiger partial charge in [0.25, 0.3) is 0 Å². The summed E-state index contributed by atoms with van der Waals surface area (Å²) in [6.45, 7) is 10.0. The Labute approximate surface area is 177 Å². The zero-order valence-electron chi connectivity index (χ0n) is 19.0.